The van der Waals surface area contributed by atoms with Crippen molar-refractivity contribution in [2.24, 2.45) is 0 Å². The van der Waals surface area contributed by atoms with Gasteiger partial charge >= 0.3 is 11.9 Å². The first-order chi connectivity index (χ1) is 17.4. The molecule has 200 valence electrons. The van der Waals surface area contributed by atoms with E-state index >= 15 is 0 Å². The predicted molar refractivity (Wildman–Crippen MR) is 147 cm³/mol. The van der Waals surface area contributed by atoms with Gasteiger partial charge in [-0.25, -0.2) is 13.2 Å². The van der Waals surface area contributed by atoms with Crippen LogP contribution in [0.25, 0.3) is 0 Å². The molecule has 2 aromatic rings. The molecule has 0 spiro atoms. The number of benzene rings is 2. The number of ether oxygens (including phenoxy) is 4. The van der Waals surface area contributed by atoms with Crippen molar-refractivity contribution < 1.29 is 32.2 Å². The third-order valence-corrected chi connectivity index (χ3v) is 7.35. The van der Waals surface area contributed by atoms with Gasteiger partial charge in [0.25, 0.3) is 0 Å². The molecule has 0 amide bonds. The third-order valence-electron chi connectivity index (χ3n) is 5.84. The molecule has 0 aromatic heterocycles. The molecule has 2 atom stereocenters. The largest absolute Gasteiger partial charge is 0.454 e. The Balaban J connectivity index is 2.29. The number of aryl methyl sites for hydroxylation is 2. The van der Waals surface area contributed by atoms with Crippen LogP contribution >= 0.6 is 24.1 Å². The van der Waals surface area contributed by atoms with E-state index < -0.39 is 24.5 Å². The Morgan fingerprint density at radius 2 is 1.05 bits per heavy atom. The Hall–Kier alpha value is -2.88. The highest BCUT2D eigenvalue weighted by molar-refractivity contribution is 8.08. The van der Waals surface area contributed by atoms with E-state index in [1.807, 2.05) is 53.7 Å². The van der Waals surface area contributed by atoms with Crippen LogP contribution in [0.15, 0.2) is 47.2 Å². The van der Waals surface area contributed by atoms with E-state index in [9.17, 15) is 9.59 Å². The maximum Gasteiger partial charge on any atom is 0.333 e. The van der Waals surface area contributed by atoms with Crippen LogP contribution in [-0.4, -0.2) is 24.5 Å². The van der Waals surface area contributed by atoms with E-state index in [0.717, 1.165) is 79.4 Å². The number of carbonyl (C=O) groups is 2. The molecule has 0 aliphatic heterocycles. The maximum atomic E-state index is 11.6. The first-order valence-electron chi connectivity index (χ1n) is 11.6. The summed E-state index contributed by atoms with van der Waals surface area (Å²) in [4.78, 5) is 24.7. The molecule has 7 nitrogen and oxygen atoms in total. The van der Waals surface area contributed by atoms with E-state index in [1.165, 1.54) is 0 Å². The highest BCUT2D eigenvalue weighted by Crippen LogP contribution is 2.43. The molecule has 9 heteroatoms. The van der Waals surface area contributed by atoms with Gasteiger partial charge in [0.2, 0.25) is 12.6 Å². The Morgan fingerprint density at radius 3 is 1.38 bits per heavy atom. The van der Waals surface area contributed by atoms with Crippen molar-refractivity contribution in [2.45, 2.75) is 77.8 Å². The zero-order valence-electron chi connectivity index (χ0n) is 22.6. The normalized spacial score (nSPS) is 12.3. The number of rotatable bonds is 12. The number of esters is 2. The van der Waals surface area contributed by atoms with Crippen LogP contribution in [0.2, 0.25) is 0 Å². The van der Waals surface area contributed by atoms with Crippen molar-refractivity contribution in [3.8, 4) is 11.5 Å². The summed E-state index contributed by atoms with van der Waals surface area (Å²) in [6.45, 7) is 22.0. The molecule has 0 fully saturated rings. The molecule has 0 N–H and O–H groups in total. The summed E-state index contributed by atoms with van der Waals surface area (Å²) in [6, 6.07) is 3.93. The van der Waals surface area contributed by atoms with E-state index in [4.69, 9.17) is 22.6 Å². The quantitative estimate of drug-likeness (QED) is 0.119. The van der Waals surface area contributed by atoms with Crippen LogP contribution in [-0.2, 0) is 22.7 Å². The van der Waals surface area contributed by atoms with Crippen molar-refractivity contribution in [1.82, 2.24) is 0 Å². The summed E-state index contributed by atoms with van der Waals surface area (Å²) in [7, 11) is 0. The molecule has 0 saturated heterocycles. The van der Waals surface area contributed by atoms with Gasteiger partial charge in [-0.2, -0.15) is 0 Å². The monoisotopic (exact) mass is 546 g/mol. The van der Waals surface area contributed by atoms with Crippen LogP contribution in [0.4, 0.5) is 0 Å². The predicted octanol–water partition coefficient (Wildman–Crippen LogP) is 7.18. The maximum absolute atomic E-state index is 11.6. The average molecular weight is 547 g/mol. The summed E-state index contributed by atoms with van der Waals surface area (Å²) in [5.41, 5.74) is 6.11. The van der Waals surface area contributed by atoms with Crippen LogP contribution in [0, 0.1) is 41.5 Å². The van der Waals surface area contributed by atoms with Gasteiger partial charge in [0.05, 0.1) is 9.79 Å². The van der Waals surface area contributed by atoms with Gasteiger partial charge in [0.1, 0.15) is 11.5 Å². The van der Waals surface area contributed by atoms with Gasteiger partial charge in [-0.15, -0.1) is 0 Å². The average Bonchev–Trinajstić information content (AvgIpc) is 2.85. The lowest BCUT2D eigenvalue weighted by Crippen LogP contribution is -2.20. The number of hydrogen-bond acceptors (Lipinski definition) is 9. The Bertz CT molecular complexity index is 1100. The lowest BCUT2D eigenvalue weighted by Gasteiger charge is -2.22. The second-order valence-corrected chi connectivity index (χ2v) is 10.2. The Labute approximate surface area is 228 Å². The molecule has 2 aromatic carbocycles. The van der Waals surface area contributed by atoms with Gasteiger partial charge in [-0.3, -0.25) is 0 Å². The SMILES string of the molecule is C=CC(=O)OC(C)Oc1c(SOSc2cc(C)c(C)c(C)c2OC(C)OC(=O)C=C)cc(C)c(C)c1C. The van der Waals surface area contributed by atoms with Crippen molar-refractivity contribution in [3.05, 3.63) is 70.8 Å². The minimum atomic E-state index is -0.819. The molecule has 0 bridgehead atoms. The molecule has 37 heavy (non-hydrogen) atoms. The molecule has 0 heterocycles. The fourth-order valence-electron chi connectivity index (χ4n) is 3.35. The fraction of sp³-hybridized carbons (Fsp3) is 0.357. The molecular weight excluding hydrogens is 512 g/mol. The number of carbonyl (C=O) groups excluding carboxylic acids is 2. The highest BCUT2D eigenvalue weighted by atomic mass is 32.2. The van der Waals surface area contributed by atoms with Gasteiger partial charge < -0.3 is 18.9 Å². The zero-order chi connectivity index (χ0) is 27.9. The van der Waals surface area contributed by atoms with Crippen molar-refractivity contribution in [1.29, 1.82) is 0 Å². The molecule has 0 radical (unpaired) electrons. The molecule has 0 aliphatic rings. The topological polar surface area (TPSA) is 80.3 Å². The first kappa shape index (κ1) is 30.3. The standard InChI is InChI=1S/C28H34O7S2/c1-11-25(29)31-21(9)33-27-19(7)17(5)15(3)13-23(27)36-35-37-24-14-16(4)18(6)20(8)28(24)34-22(10)32-26(30)12-2/h11-14,21-22H,1-2H2,3-10H3. The van der Waals surface area contributed by atoms with Gasteiger partial charge in [-0.05, 0) is 87.1 Å². The second kappa shape index (κ2) is 13.6. The van der Waals surface area contributed by atoms with Crippen molar-refractivity contribution in [3.63, 3.8) is 0 Å². The molecular formula is C28H34O7S2. The smallest absolute Gasteiger partial charge is 0.333 e. The van der Waals surface area contributed by atoms with Crippen LogP contribution in [0.3, 0.4) is 0 Å². The summed E-state index contributed by atoms with van der Waals surface area (Å²) in [6.07, 6.45) is 0.542. The molecule has 2 rings (SSSR count). The van der Waals surface area contributed by atoms with E-state index in [-0.39, 0.29) is 0 Å². The van der Waals surface area contributed by atoms with Crippen LogP contribution in [0.1, 0.15) is 47.2 Å². The van der Waals surface area contributed by atoms with Crippen LogP contribution in [0.5, 0.6) is 11.5 Å². The van der Waals surface area contributed by atoms with E-state index in [1.54, 1.807) is 13.8 Å². The van der Waals surface area contributed by atoms with E-state index in [2.05, 4.69) is 13.2 Å². The molecule has 0 aliphatic carbocycles. The first-order valence-corrected chi connectivity index (χ1v) is 13.1. The highest BCUT2D eigenvalue weighted by Gasteiger charge is 2.21. The number of hydrogen-bond donors (Lipinski definition) is 0. The minimum absolute atomic E-state index is 0.566. The summed E-state index contributed by atoms with van der Waals surface area (Å²) in [5, 5.41) is 0. The van der Waals surface area contributed by atoms with Gasteiger partial charge in [-0.1, -0.05) is 13.2 Å². The van der Waals surface area contributed by atoms with Crippen molar-refractivity contribution >= 4 is 36.0 Å². The Morgan fingerprint density at radius 1 is 0.703 bits per heavy atom. The minimum Gasteiger partial charge on any atom is -0.454 e. The summed E-state index contributed by atoms with van der Waals surface area (Å²) < 4.78 is 28.3. The van der Waals surface area contributed by atoms with Gasteiger partial charge in [0.15, 0.2) is 0 Å². The Kier molecular flexibility index (Phi) is 11.2. The second-order valence-electron chi connectivity index (χ2n) is 8.43. The molecule has 2 unspecified atom stereocenters. The van der Waals surface area contributed by atoms with Crippen LogP contribution < -0.4 is 9.47 Å². The zero-order valence-corrected chi connectivity index (χ0v) is 24.2. The third kappa shape index (κ3) is 8.05. The van der Waals surface area contributed by atoms with Crippen molar-refractivity contribution in [2.75, 3.05) is 0 Å². The fourth-order valence-corrected chi connectivity index (χ4v) is 5.08. The lowest BCUT2D eigenvalue weighted by molar-refractivity contribution is -0.156. The van der Waals surface area contributed by atoms with Gasteiger partial charge in [0, 0.05) is 50.1 Å². The van der Waals surface area contributed by atoms with E-state index in [0.29, 0.717) is 11.5 Å². The molecule has 0 saturated carbocycles. The summed E-state index contributed by atoms with van der Waals surface area (Å²) in [5.74, 6) is -0.00667. The lowest BCUT2D eigenvalue weighted by atomic mass is 10.0. The summed E-state index contributed by atoms with van der Waals surface area (Å²) >= 11 is 2.25.